The Labute approximate surface area is 110 Å². The third kappa shape index (κ3) is 4.46. The van der Waals surface area contributed by atoms with E-state index in [0.29, 0.717) is 12.0 Å². The van der Waals surface area contributed by atoms with Gasteiger partial charge in [-0.3, -0.25) is 0 Å². The normalized spacial score (nSPS) is 11.6. The van der Waals surface area contributed by atoms with Crippen LogP contribution in [0.2, 0.25) is 0 Å². The molecule has 7 heteroatoms. The van der Waals surface area contributed by atoms with Crippen LogP contribution < -0.4 is 4.72 Å². The number of aromatic nitrogens is 2. The molecule has 102 valence electrons. The van der Waals surface area contributed by atoms with Gasteiger partial charge in [0.2, 0.25) is 10.0 Å². The lowest BCUT2D eigenvalue weighted by Gasteiger charge is -2.06. The summed E-state index contributed by atoms with van der Waals surface area (Å²) in [6, 6.07) is 5.41. The second-order valence-corrected chi connectivity index (χ2v) is 5.87. The van der Waals surface area contributed by atoms with Crippen molar-refractivity contribution in [3.05, 3.63) is 53.9 Å². The molecule has 0 fully saturated rings. The largest absolute Gasteiger partial charge is 0.349 e. The maximum atomic E-state index is 12.7. The molecule has 0 unspecified atom stereocenters. The number of H-pyrrole nitrogens is 1. The average Bonchev–Trinajstić information content (AvgIpc) is 2.85. The summed E-state index contributed by atoms with van der Waals surface area (Å²) in [6.07, 6.45) is 3.79. The molecule has 0 saturated heterocycles. The van der Waals surface area contributed by atoms with Crippen molar-refractivity contribution in [1.29, 1.82) is 0 Å². The summed E-state index contributed by atoms with van der Waals surface area (Å²) in [4.78, 5) is 6.89. The van der Waals surface area contributed by atoms with Crippen LogP contribution in [0, 0.1) is 5.82 Å². The quantitative estimate of drug-likeness (QED) is 0.837. The van der Waals surface area contributed by atoms with Gasteiger partial charge in [0.25, 0.3) is 0 Å². The minimum atomic E-state index is -3.41. The van der Waals surface area contributed by atoms with E-state index in [1.54, 1.807) is 12.4 Å². The van der Waals surface area contributed by atoms with E-state index in [-0.39, 0.29) is 18.1 Å². The van der Waals surface area contributed by atoms with Crippen LogP contribution in [0.3, 0.4) is 0 Å². The fourth-order valence-electron chi connectivity index (χ4n) is 1.61. The van der Waals surface area contributed by atoms with Gasteiger partial charge in [-0.2, -0.15) is 0 Å². The summed E-state index contributed by atoms with van der Waals surface area (Å²) in [7, 11) is -3.41. The van der Waals surface area contributed by atoms with Crippen LogP contribution in [-0.2, 0) is 22.2 Å². The summed E-state index contributed by atoms with van der Waals surface area (Å²) in [5.74, 6) is 0.183. The van der Waals surface area contributed by atoms with Crippen LogP contribution in [0.1, 0.15) is 11.4 Å². The Bertz CT molecular complexity index is 609. The molecule has 0 saturated carbocycles. The van der Waals surface area contributed by atoms with Crippen molar-refractivity contribution in [1.82, 2.24) is 14.7 Å². The summed E-state index contributed by atoms with van der Waals surface area (Å²) < 4.78 is 38.7. The van der Waals surface area contributed by atoms with Crippen molar-refractivity contribution in [2.24, 2.45) is 0 Å². The van der Waals surface area contributed by atoms with Crippen molar-refractivity contribution >= 4 is 10.0 Å². The zero-order chi connectivity index (χ0) is 13.7. The molecule has 0 radical (unpaired) electrons. The predicted octanol–water partition coefficient (Wildman–Crippen LogP) is 1.21. The third-order valence-corrected chi connectivity index (χ3v) is 3.87. The Morgan fingerprint density at radius 1 is 1.26 bits per heavy atom. The molecule has 2 aromatic rings. The number of halogens is 1. The Morgan fingerprint density at radius 3 is 2.63 bits per heavy atom. The Kier molecular flexibility index (Phi) is 4.28. The molecule has 2 rings (SSSR count). The molecule has 1 aromatic heterocycles. The third-order valence-electron chi connectivity index (χ3n) is 2.51. The molecular formula is C12H14FN3O2S. The van der Waals surface area contributed by atoms with Gasteiger partial charge >= 0.3 is 0 Å². The summed E-state index contributed by atoms with van der Waals surface area (Å²) >= 11 is 0. The summed E-state index contributed by atoms with van der Waals surface area (Å²) in [5.41, 5.74) is 0.548. The van der Waals surface area contributed by atoms with Gasteiger partial charge in [0.15, 0.2) is 0 Å². The van der Waals surface area contributed by atoms with Gasteiger partial charge in [-0.25, -0.2) is 22.5 Å². The zero-order valence-corrected chi connectivity index (χ0v) is 11.0. The molecule has 0 atom stereocenters. The van der Waals surface area contributed by atoms with Crippen molar-refractivity contribution in [2.75, 3.05) is 6.54 Å². The molecule has 0 amide bonds. The molecule has 1 heterocycles. The first-order valence-electron chi connectivity index (χ1n) is 5.75. The number of sulfonamides is 1. The van der Waals surface area contributed by atoms with Crippen LogP contribution in [0.4, 0.5) is 4.39 Å². The predicted molar refractivity (Wildman–Crippen MR) is 69.3 cm³/mol. The topological polar surface area (TPSA) is 74.8 Å². The van der Waals surface area contributed by atoms with E-state index in [1.165, 1.54) is 24.3 Å². The first-order chi connectivity index (χ1) is 9.05. The number of rotatable bonds is 6. The van der Waals surface area contributed by atoms with Gasteiger partial charge in [-0.05, 0) is 17.7 Å². The lowest BCUT2D eigenvalue weighted by Crippen LogP contribution is -2.27. The van der Waals surface area contributed by atoms with E-state index < -0.39 is 10.0 Å². The number of nitrogens with one attached hydrogen (secondary N) is 2. The molecule has 5 nitrogen and oxygen atoms in total. The molecular weight excluding hydrogens is 269 g/mol. The van der Waals surface area contributed by atoms with E-state index in [0.717, 1.165) is 5.82 Å². The van der Waals surface area contributed by atoms with Crippen LogP contribution in [0.15, 0.2) is 36.7 Å². The molecule has 2 N–H and O–H groups in total. The van der Waals surface area contributed by atoms with E-state index >= 15 is 0 Å². The number of aromatic amines is 1. The van der Waals surface area contributed by atoms with Crippen LogP contribution >= 0.6 is 0 Å². The molecule has 0 bridgehead atoms. The van der Waals surface area contributed by atoms with E-state index in [2.05, 4.69) is 14.7 Å². The van der Waals surface area contributed by atoms with Crippen LogP contribution in [0.5, 0.6) is 0 Å². The van der Waals surface area contributed by atoms with Crippen molar-refractivity contribution in [3.63, 3.8) is 0 Å². The van der Waals surface area contributed by atoms with Crippen molar-refractivity contribution in [3.8, 4) is 0 Å². The molecule has 0 aliphatic carbocycles. The average molecular weight is 283 g/mol. The Balaban J connectivity index is 1.86. The van der Waals surface area contributed by atoms with Gasteiger partial charge in [0.05, 0.1) is 5.75 Å². The summed E-state index contributed by atoms with van der Waals surface area (Å²) in [6.45, 7) is 0.275. The summed E-state index contributed by atoms with van der Waals surface area (Å²) in [5, 5.41) is 0. The molecule has 0 aliphatic rings. The first-order valence-corrected chi connectivity index (χ1v) is 7.40. The van der Waals surface area contributed by atoms with Gasteiger partial charge in [0, 0.05) is 25.4 Å². The number of imidazole rings is 1. The maximum absolute atomic E-state index is 12.7. The maximum Gasteiger partial charge on any atom is 0.215 e. The SMILES string of the molecule is O=S(=O)(Cc1ccc(F)cc1)NCCc1ncc[nH]1. The number of hydrogen-bond acceptors (Lipinski definition) is 3. The highest BCUT2D eigenvalue weighted by Gasteiger charge is 2.11. The lowest BCUT2D eigenvalue weighted by atomic mass is 10.2. The van der Waals surface area contributed by atoms with Crippen LogP contribution in [-0.4, -0.2) is 24.9 Å². The van der Waals surface area contributed by atoms with E-state index in [9.17, 15) is 12.8 Å². The second-order valence-electron chi connectivity index (χ2n) is 4.07. The highest BCUT2D eigenvalue weighted by Crippen LogP contribution is 2.06. The standard InChI is InChI=1S/C12H14FN3O2S/c13-11-3-1-10(2-4-11)9-19(17,18)16-6-5-12-14-7-8-15-12/h1-4,7-8,16H,5-6,9H2,(H,14,15). The number of benzene rings is 1. The highest BCUT2D eigenvalue weighted by molar-refractivity contribution is 7.88. The number of hydrogen-bond donors (Lipinski definition) is 2. The Morgan fingerprint density at radius 2 is 2.00 bits per heavy atom. The van der Waals surface area contributed by atoms with Crippen molar-refractivity contribution < 1.29 is 12.8 Å². The highest BCUT2D eigenvalue weighted by atomic mass is 32.2. The second kappa shape index (κ2) is 5.94. The van der Waals surface area contributed by atoms with Crippen LogP contribution in [0.25, 0.3) is 0 Å². The van der Waals surface area contributed by atoms with Gasteiger partial charge in [0.1, 0.15) is 11.6 Å². The fourth-order valence-corrected chi connectivity index (χ4v) is 2.76. The minimum absolute atomic E-state index is 0.161. The van der Waals surface area contributed by atoms with Gasteiger partial charge in [-0.1, -0.05) is 12.1 Å². The first kappa shape index (κ1) is 13.7. The Hall–Kier alpha value is -1.73. The fraction of sp³-hybridized carbons (Fsp3) is 0.250. The number of nitrogens with zero attached hydrogens (tertiary/aromatic N) is 1. The van der Waals surface area contributed by atoms with Crippen molar-refractivity contribution in [2.45, 2.75) is 12.2 Å². The van der Waals surface area contributed by atoms with E-state index in [4.69, 9.17) is 0 Å². The minimum Gasteiger partial charge on any atom is -0.349 e. The molecule has 19 heavy (non-hydrogen) atoms. The monoisotopic (exact) mass is 283 g/mol. The smallest absolute Gasteiger partial charge is 0.215 e. The molecule has 0 aliphatic heterocycles. The molecule has 0 spiro atoms. The zero-order valence-electron chi connectivity index (χ0n) is 10.1. The van der Waals surface area contributed by atoms with Gasteiger partial charge in [-0.15, -0.1) is 0 Å². The molecule has 1 aromatic carbocycles. The van der Waals surface area contributed by atoms with Gasteiger partial charge < -0.3 is 4.98 Å². The van der Waals surface area contributed by atoms with E-state index in [1.807, 2.05) is 0 Å². The lowest BCUT2D eigenvalue weighted by molar-refractivity contribution is 0.580.